The molecule has 0 amide bonds. The maximum Gasteiger partial charge on any atom is 0.0999 e. The molecule has 2 aromatic heterocycles. The predicted molar refractivity (Wildman–Crippen MR) is 93.2 cm³/mol. The number of pyridine rings is 1. The van der Waals surface area contributed by atoms with Gasteiger partial charge in [-0.3, -0.25) is 0 Å². The van der Waals surface area contributed by atoms with Crippen LogP contribution in [0.15, 0.2) is 48.7 Å². The van der Waals surface area contributed by atoms with E-state index in [1.165, 1.54) is 11.1 Å². The Kier molecular flexibility index (Phi) is 2.92. The second-order valence-corrected chi connectivity index (χ2v) is 5.89. The smallest absolute Gasteiger partial charge is 0.0999 e. The molecule has 0 saturated heterocycles. The summed E-state index contributed by atoms with van der Waals surface area (Å²) in [4.78, 5) is 8.11. The zero-order valence-electron chi connectivity index (χ0n) is 13.0. The van der Waals surface area contributed by atoms with Crippen LogP contribution in [0, 0.1) is 25.2 Å². The van der Waals surface area contributed by atoms with Crippen molar-refractivity contribution in [1.82, 2.24) is 9.97 Å². The number of fused-ring (bicyclic) bond motifs is 2. The molecular weight excluding hydrogens is 282 g/mol. The van der Waals surface area contributed by atoms with E-state index < -0.39 is 0 Å². The van der Waals surface area contributed by atoms with Gasteiger partial charge in [0.25, 0.3) is 0 Å². The predicted octanol–water partition coefficient (Wildman–Crippen LogP) is 4.87. The number of aromatic amines is 1. The Balaban J connectivity index is 2.05. The third kappa shape index (κ3) is 2.08. The van der Waals surface area contributed by atoms with Gasteiger partial charge in [-0.15, -0.1) is 0 Å². The monoisotopic (exact) mass is 297 g/mol. The molecule has 0 radical (unpaired) electrons. The third-order valence-corrected chi connectivity index (χ3v) is 4.24. The van der Waals surface area contributed by atoms with Gasteiger partial charge in [0, 0.05) is 28.0 Å². The van der Waals surface area contributed by atoms with Crippen molar-refractivity contribution in [3.05, 3.63) is 65.4 Å². The highest BCUT2D eigenvalue weighted by atomic mass is 14.7. The third-order valence-electron chi connectivity index (χ3n) is 4.24. The summed E-state index contributed by atoms with van der Waals surface area (Å²) >= 11 is 0. The first-order valence-electron chi connectivity index (χ1n) is 7.56. The zero-order valence-corrected chi connectivity index (χ0v) is 13.0. The Morgan fingerprint density at radius 2 is 1.87 bits per heavy atom. The summed E-state index contributed by atoms with van der Waals surface area (Å²) in [6, 6.07) is 16.3. The SMILES string of the molecule is Cc1cc(C)c2[nH]cc(-c3cc(C#N)c4ccccc4n3)c2c1. The molecule has 4 rings (SSSR count). The Morgan fingerprint density at radius 1 is 1.04 bits per heavy atom. The normalized spacial score (nSPS) is 11.0. The van der Waals surface area contributed by atoms with Gasteiger partial charge in [-0.1, -0.05) is 29.8 Å². The molecule has 23 heavy (non-hydrogen) atoms. The van der Waals surface area contributed by atoms with Gasteiger partial charge in [0.15, 0.2) is 0 Å². The van der Waals surface area contributed by atoms with Crippen molar-refractivity contribution in [1.29, 1.82) is 5.26 Å². The number of hydrogen-bond acceptors (Lipinski definition) is 2. The molecule has 4 aromatic rings. The highest BCUT2D eigenvalue weighted by molar-refractivity contribution is 5.98. The van der Waals surface area contributed by atoms with E-state index in [9.17, 15) is 5.26 Å². The number of hydrogen-bond donors (Lipinski definition) is 1. The average molecular weight is 297 g/mol. The van der Waals surface area contributed by atoms with Crippen molar-refractivity contribution < 1.29 is 0 Å². The average Bonchev–Trinajstić information content (AvgIpc) is 2.97. The Morgan fingerprint density at radius 3 is 2.70 bits per heavy atom. The summed E-state index contributed by atoms with van der Waals surface area (Å²) in [6.45, 7) is 4.20. The van der Waals surface area contributed by atoms with E-state index in [1.807, 2.05) is 36.5 Å². The molecule has 3 nitrogen and oxygen atoms in total. The maximum absolute atomic E-state index is 9.47. The van der Waals surface area contributed by atoms with Gasteiger partial charge in [-0.05, 0) is 37.6 Å². The Labute approximate surface area is 134 Å². The summed E-state index contributed by atoms with van der Waals surface area (Å²) in [6.07, 6.45) is 1.98. The van der Waals surface area contributed by atoms with Crippen molar-refractivity contribution in [2.24, 2.45) is 0 Å². The largest absolute Gasteiger partial charge is 0.360 e. The van der Waals surface area contributed by atoms with E-state index in [4.69, 9.17) is 4.98 Å². The number of aryl methyl sites for hydroxylation is 2. The van der Waals surface area contributed by atoms with Crippen molar-refractivity contribution in [2.75, 3.05) is 0 Å². The molecule has 2 heterocycles. The molecule has 0 fully saturated rings. The summed E-state index contributed by atoms with van der Waals surface area (Å²) < 4.78 is 0. The summed E-state index contributed by atoms with van der Waals surface area (Å²) in [7, 11) is 0. The van der Waals surface area contributed by atoms with Crippen LogP contribution < -0.4 is 0 Å². The van der Waals surface area contributed by atoms with Gasteiger partial charge < -0.3 is 4.98 Å². The van der Waals surface area contributed by atoms with Gasteiger partial charge >= 0.3 is 0 Å². The molecule has 0 aliphatic rings. The van der Waals surface area contributed by atoms with Crippen molar-refractivity contribution in [2.45, 2.75) is 13.8 Å². The van der Waals surface area contributed by atoms with E-state index in [0.29, 0.717) is 5.56 Å². The van der Waals surface area contributed by atoms with Crippen molar-refractivity contribution in [3.63, 3.8) is 0 Å². The van der Waals surface area contributed by atoms with Crippen LogP contribution in [0.3, 0.4) is 0 Å². The zero-order chi connectivity index (χ0) is 16.0. The van der Waals surface area contributed by atoms with E-state index in [2.05, 4.69) is 37.0 Å². The number of H-pyrrole nitrogens is 1. The van der Waals surface area contributed by atoms with Crippen LogP contribution in [-0.2, 0) is 0 Å². The standard InChI is InChI=1S/C20H15N3/c1-12-7-13(2)20-16(8-12)17(11-22-20)19-9-14(10-21)15-5-3-4-6-18(15)23-19/h3-9,11,22H,1-2H3. The summed E-state index contributed by atoms with van der Waals surface area (Å²) in [5, 5.41) is 11.5. The number of nitrogens with one attached hydrogen (secondary N) is 1. The minimum Gasteiger partial charge on any atom is -0.360 e. The van der Waals surface area contributed by atoms with Crippen LogP contribution in [-0.4, -0.2) is 9.97 Å². The van der Waals surface area contributed by atoms with E-state index in [1.54, 1.807) is 0 Å². The number of nitrogens with zero attached hydrogens (tertiary/aromatic N) is 2. The molecule has 0 bridgehead atoms. The van der Waals surface area contributed by atoms with Gasteiger partial charge in [0.1, 0.15) is 0 Å². The summed E-state index contributed by atoms with van der Waals surface area (Å²) in [5.74, 6) is 0. The van der Waals surface area contributed by atoms with Gasteiger partial charge in [0.05, 0.1) is 22.8 Å². The molecule has 0 saturated carbocycles. The van der Waals surface area contributed by atoms with Crippen LogP contribution in [0.1, 0.15) is 16.7 Å². The highest BCUT2D eigenvalue weighted by Gasteiger charge is 2.12. The van der Waals surface area contributed by atoms with E-state index in [-0.39, 0.29) is 0 Å². The molecular formula is C20H15N3. The van der Waals surface area contributed by atoms with Gasteiger partial charge in [0.2, 0.25) is 0 Å². The second kappa shape index (κ2) is 4.96. The van der Waals surface area contributed by atoms with Crippen LogP contribution in [0.2, 0.25) is 0 Å². The minimum atomic E-state index is 0.657. The number of para-hydroxylation sites is 1. The molecule has 1 N–H and O–H groups in total. The second-order valence-electron chi connectivity index (χ2n) is 5.89. The number of benzene rings is 2. The first-order valence-corrected chi connectivity index (χ1v) is 7.56. The first-order chi connectivity index (χ1) is 11.2. The maximum atomic E-state index is 9.47. The van der Waals surface area contributed by atoms with Crippen molar-refractivity contribution >= 4 is 21.8 Å². The lowest BCUT2D eigenvalue weighted by molar-refractivity contribution is 1.37. The highest BCUT2D eigenvalue weighted by Crippen LogP contribution is 2.32. The van der Waals surface area contributed by atoms with E-state index >= 15 is 0 Å². The lowest BCUT2D eigenvalue weighted by Gasteiger charge is -2.05. The molecule has 3 heteroatoms. The number of aromatic nitrogens is 2. The quantitative estimate of drug-likeness (QED) is 0.545. The van der Waals surface area contributed by atoms with Crippen LogP contribution >= 0.6 is 0 Å². The molecule has 0 spiro atoms. The molecule has 0 aliphatic heterocycles. The van der Waals surface area contributed by atoms with E-state index in [0.717, 1.165) is 33.1 Å². The minimum absolute atomic E-state index is 0.657. The fourth-order valence-corrected chi connectivity index (χ4v) is 3.21. The topological polar surface area (TPSA) is 52.5 Å². The van der Waals surface area contributed by atoms with Crippen molar-refractivity contribution in [3.8, 4) is 17.3 Å². The number of rotatable bonds is 1. The molecule has 2 aromatic carbocycles. The fraction of sp³-hybridized carbons (Fsp3) is 0.100. The Hall–Kier alpha value is -3.12. The molecule has 0 atom stereocenters. The van der Waals surface area contributed by atoms with Gasteiger partial charge in [-0.2, -0.15) is 5.26 Å². The van der Waals surface area contributed by atoms with Crippen LogP contribution in [0.5, 0.6) is 0 Å². The Bertz CT molecular complexity index is 1100. The lowest BCUT2D eigenvalue weighted by atomic mass is 10.0. The summed E-state index contributed by atoms with van der Waals surface area (Å²) in [5.41, 5.74) is 6.93. The fourth-order valence-electron chi connectivity index (χ4n) is 3.21. The molecule has 110 valence electrons. The molecule has 0 unspecified atom stereocenters. The molecule has 0 aliphatic carbocycles. The van der Waals surface area contributed by atoms with Crippen LogP contribution in [0.25, 0.3) is 33.1 Å². The first kappa shape index (κ1) is 13.5. The lowest BCUT2D eigenvalue weighted by Crippen LogP contribution is -1.89. The van der Waals surface area contributed by atoms with Gasteiger partial charge in [-0.25, -0.2) is 4.98 Å². The number of nitriles is 1. The van der Waals surface area contributed by atoms with Crippen LogP contribution in [0.4, 0.5) is 0 Å².